The fourth-order valence-electron chi connectivity index (χ4n) is 1.41. The van der Waals surface area contributed by atoms with Crippen LogP contribution in [0.4, 0.5) is 10.5 Å². The van der Waals surface area contributed by atoms with Gasteiger partial charge in [-0.15, -0.1) is 0 Å². The van der Waals surface area contributed by atoms with Crippen LogP contribution in [0, 0.1) is 0 Å². The normalized spacial score (nSPS) is 9.95. The summed E-state index contributed by atoms with van der Waals surface area (Å²) in [5.41, 5.74) is 0.690. The van der Waals surface area contributed by atoms with Crippen LogP contribution in [0.3, 0.4) is 0 Å². The Balaban J connectivity index is 2.03. The summed E-state index contributed by atoms with van der Waals surface area (Å²) in [6.07, 6.45) is 0. The summed E-state index contributed by atoms with van der Waals surface area (Å²) >= 11 is 5.78. The Bertz CT molecular complexity index is 600. The van der Waals surface area contributed by atoms with E-state index in [4.69, 9.17) is 16.3 Å². The van der Waals surface area contributed by atoms with E-state index >= 15 is 0 Å². The molecule has 1 N–H and O–H groups in total. The number of nitrogens with one attached hydrogen (secondary N) is 1. The third-order valence-corrected chi connectivity index (χ3v) is 2.63. The number of halogens is 1. The van der Waals surface area contributed by atoms with E-state index in [1.165, 1.54) is 4.90 Å². The molecule has 0 aliphatic heterocycles. The molecular formula is C14H14ClN3O2. The predicted octanol–water partition coefficient (Wildman–Crippen LogP) is 3.62. The number of hydrogen-bond acceptors (Lipinski definition) is 3. The fraction of sp³-hybridized carbons (Fsp3) is 0.143. The van der Waals surface area contributed by atoms with Crippen molar-refractivity contribution in [1.82, 2.24) is 9.88 Å². The maximum Gasteiger partial charge on any atom is 0.321 e. The number of pyridine rings is 1. The Morgan fingerprint density at radius 3 is 2.50 bits per heavy atom. The van der Waals surface area contributed by atoms with Crippen LogP contribution >= 0.6 is 11.6 Å². The first-order chi connectivity index (χ1) is 9.54. The molecule has 2 amide bonds. The maximum absolute atomic E-state index is 11.5. The van der Waals surface area contributed by atoms with Gasteiger partial charge >= 0.3 is 6.03 Å². The highest BCUT2D eigenvalue weighted by Crippen LogP contribution is 2.22. The van der Waals surface area contributed by atoms with Crippen LogP contribution in [0.25, 0.3) is 0 Å². The van der Waals surface area contributed by atoms with Crippen LogP contribution < -0.4 is 10.1 Å². The van der Waals surface area contributed by atoms with Crippen molar-refractivity contribution >= 4 is 23.3 Å². The van der Waals surface area contributed by atoms with Crippen LogP contribution in [0.5, 0.6) is 11.6 Å². The highest BCUT2D eigenvalue weighted by atomic mass is 35.5. The Labute approximate surface area is 122 Å². The SMILES string of the molecule is CN(C)C(=O)Nc1ccc(Oc2cccc(Cl)n2)cc1. The Morgan fingerprint density at radius 2 is 1.90 bits per heavy atom. The van der Waals surface area contributed by atoms with E-state index in [1.54, 1.807) is 56.6 Å². The van der Waals surface area contributed by atoms with E-state index in [0.717, 1.165) is 0 Å². The summed E-state index contributed by atoms with van der Waals surface area (Å²) in [4.78, 5) is 17.0. The average Bonchev–Trinajstić information content (AvgIpc) is 2.41. The van der Waals surface area contributed by atoms with Crippen molar-refractivity contribution in [2.24, 2.45) is 0 Å². The lowest BCUT2D eigenvalue weighted by Crippen LogP contribution is -2.27. The van der Waals surface area contributed by atoms with E-state index in [2.05, 4.69) is 10.3 Å². The zero-order valence-corrected chi connectivity index (χ0v) is 11.9. The number of benzene rings is 1. The second kappa shape index (κ2) is 6.25. The summed E-state index contributed by atoms with van der Waals surface area (Å²) in [6.45, 7) is 0. The van der Waals surface area contributed by atoms with E-state index in [-0.39, 0.29) is 6.03 Å². The number of carbonyl (C=O) groups excluding carboxylic acids is 1. The van der Waals surface area contributed by atoms with E-state index in [0.29, 0.717) is 22.5 Å². The van der Waals surface area contributed by atoms with Gasteiger partial charge in [0, 0.05) is 25.8 Å². The molecule has 20 heavy (non-hydrogen) atoms. The minimum absolute atomic E-state index is 0.185. The van der Waals surface area contributed by atoms with Crippen molar-refractivity contribution in [1.29, 1.82) is 0 Å². The zero-order chi connectivity index (χ0) is 14.5. The van der Waals surface area contributed by atoms with Crippen LogP contribution in [0.2, 0.25) is 5.15 Å². The number of nitrogens with zero attached hydrogens (tertiary/aromatic N) is 2. The smallest absolute Gasteiger partial charge is 0.321 e. The number of urea groups is 1. The molecule has 0 fully saturated rings. The molecule has 0 spiro atoms. The first-order valence-electron chi connectivity index (χ1n) is 5.93. The Morgan fingerprint density at radius 1 is 1.20 bits per heavy atom. The Kier molecular flexibility index (Phi) is 4.42. The zero-order valence-electron chi connectivity index (χ0n) is 11.1. The number of ether oxygens (including phenoxy) is 1. The number of amides is 2. The van der Waals surface area contributed by atoms with Gasteiger partial charge in [-0.25, -0.2) is 9.78 Å². The first kappa shape index (κ1) is 14.1. The van der Waals surface area contributed by atoms with Crippen molar-refractivity contribution in [2.45, 2.75) is 0 Å². The van der Waals surface area contributed by atoms with Crippen molar-refractivity contribution in [3.8, 4) is 11.6 Å². The van der Waals surface area contributed by atoms with Crippen molar-refractivity contribution in [3.05, 3.63) is 47.6 Å². The van der Waals surface area contributed by atoms with Gasteiger partial charge in [0.2, 0.25) is 5.88 Å². The summed E-state index contributed by atoms with van der Waals surface area (Å²) in [7, 11) is 3.36. The first-order valence-corrected chi connectivity index (χ1v) is 6.31. The van der Waals surface area contributed by atoms with Gasteiger partial charge in [-0.2, -0.15) is 0 Å². The largest absolute Gasteiger partial charge is 0.439 e. The van der Waals surface area contributed by atoms with Crippen LogP contribution in [-0.4, -0.2) is 30.0 Å². The van der Waals surface area contributed by atoms with Crippen LogP contribution in [-0.2, 0) is 0 Å². The molecule has 5 nitrogen and oxygen atoms in total. The van der Waals surface area contributed by atoms with Gasteiger partial charge in [0.1, 0.15) is 10.9 Å². The number of aromatic nitrogens is 1. The Hall–Kier alpha value is -2.27. The van der Waals surface area contributed by atoms with Gasteiger partial charge in [0.05, 0.1) is 0 Å². The molecule has 104 valence electrons. The molecule has 6 heteroatoms. The van der Waals surface area contributed by atoms with Gasteiger partial charge in [-0.1, -0.05) is 17.7 Å². The van der Waals surface area contributed by atoms with Gasteiger partial charge in [0.15, 0.2) is 0 Å². The van der Waals surface area contributed by atoms with Gasteiger partial charge in [-0.05, 0) is 30.3 Å². The molecule has 0 saturated carbocycles. The fourth-order valence-corrected chi connectivity index (χ4v) is 1.56. The van der Waals surface area contributed by atoms with Crippen molar-refractivity contribution in [3.63, 3.8) is 0 Å². The number of hydrogen-bond donors (Lipinski definition) is 1. The second-order valence-corrected chi connectivity index (χ2v) is 4.64. The van der Waals surface area contributed by atoms with Gasteiger partial charge in [-0.3, -0.25) is 0 Å². The predicted molar refractivity (Wildman–Crippen MR) is 78.5 cm³/mol. The topological polar surface area (TPSA) is 54.5 Å². The second-order valence-electron chi connectivity index (χ2n) is 4.25. The molecule has 0 bridgehead atoms. The number of anilines is 1. The standard InChI is InChI=1S/C14H14ClN3O2/c1-18(2)14(19)16-10-6-8-11(9-7-10)20-13-5-3-4-12(15)17-13/h3-9H,1-2H3,(H,16,19). The highest BCUT2D eigenvalue weighted by Gasteiger charge is 2.04. The van der Waals surface area contributed by atoms with E-state index in [1.807, 2.05) is 0 Å². The summed E-state index contributed by atoms with van der Waals surface area (Å²) in [6, 6.07) is 12.0. The molecule has 1 heterocycles. The van der Waals surface area contributed by atoms with Gasteiger partial charge < -0.3 is 15.0 Å². The molecule has 0 radical (unpaired) electrons. The third-order valence-electron chi connectivity index (χ3n) is 2.42. The minimum Gasteiger partial charge on any atom is -0.439 e. The number of carbonyl (C=O) groups is 1. The third kappa shape index (κ3) is 3.86. The lowest BCUT2D eigenvalue weighted by Gasteiger charge is -2.12. The number of rotatable bonds is 3. The molecule has 1 aromatic carbocycles. The summed E-state index contributed by atoms with van der Waals surface area (Å²) in [5.74, 6) is 1.03. The molecular weight excluding hydrogens is 278 g/mol. The molecule has 0 aliphatic carbocycles. The summed E-state index contributed by atoms with van der Waals surface area (Å²) < 4.78 is 5.55. The van der Waals surface area contributed by atoms with E-state index < -0.39 is 0 Å². The monoisotopic (exact) mass is 291 g/mol. The quantitative estimate of drug-likeness (QED) is 0.879. The molecule has 0 atom stereocenters. The van der Waals surface area contributed by atoms with Crippen molar-refractivity contribution < 1.29 is 9.53 Å². The van der Waals surface area contributed by atoms with Crippen molar-refractivity contribution in [2.75, 3.05) is 19.4 Å². The highest BCUT2D eigenvalue weighted by molar-refractivity contribution is 6.29. The van der Waals surface area contributed by atoms with Crippen LogP contribution in [0.1, 0.15) is 0 Å². The maximum atomic E-state index is 11.5. The van der Waals surface area contributed by atoms with E-state index in [9.17, 15) is 4.79 Å². The molecule has 2 rings (SSSR count). The molecule has 2 aromatic rings. The van der Waals surface area contributed by atoms with Crippen LogP contribution in [0.15, 0.2) is 42.5 Å². The molecule has 0 unspecified atom stereocenters. The van der Waals surface area contributed by atoms with Gasteiger partial charge in [0.25, 0.3) is 0 Å². The molecule has 1 aromatic heterocycles. The lowest BCUT2D eigenvalue weighted by molar-refractivity contribution is 0.230. The lowest BCUT2D eigenvalue weighted by atomic mass is 10.3. The minimum atomic E-state index is -0.185. The average molecular weight is 292 g/mol. The summed E-state index contributed by atoms with van der Waals surface area (Å²) in [5, 5.41) is 3.11. The molecule has 0 saturated heterocycles. The molecule has 0 aliphatic rings.